The molecule has 1 amide bonds. The van der Waals surface area contributed by atoms with Gasteiger partial charge in [-0.05, 0) is 25.7 Å². The molecule has 17 heavy (non-hydrogen) atoms. The molecule has 1 heterocycles. The van der Waals surface area contributed by atoms with Crippen molar-refractivity contribution in [3.63, 3.8) is 0 Å². The third kappa shape index (κ3) is 3.05. The van der Waals surface area contributed by atoms with Crippen LogP contribution in [0.25, 0.3) is 0 Å². The number of hydrogen-bond acceptors (Lipinski definition) is 3. The minimum absolute atomic E-state index is 0.0703. The fourth-order valence-electron chi connectivity index (χ4n) is 1.59. The van der Waals surface area contributed by atoms with Crippen LogP contribution in [0.5, 0.6) is 0 Å². The van der Waals surface area contributed by atoms with Crippen molar-refractivity contribution in [3.05, 3.63) is 17.5 Å². The van der Waals surface area contributed by atoms with Crippen molar-refractivity contribution in [2.75, 3.05) is 6.54 Å². The molecule has 0 aliphatic heterocycles. The number of carbonyl (C=O) groups excluding carboxylic acids is 1. The van der Waals surface area contributed by atoms with E-state index in [1.807, 2.05) is 0 Å². The smallest absolute Gasteiger partial charge is 0.339 e. The first-order valence-electron chi connectivity index (χ1n) is 5.60. The molecule has 92 valence electrons. The van der Waals surface area contributed by atoms with Gasteiger partial charge < -0.3 is 10.4 Å². The van der Waals surface area contributed by atoms with Crippen LogP contribution in [-0.2, 0) is 11.3 Å². The lowest BCUT2D eigenvalue weighted by Crippen LogP contribution is -2.29. The van der Waals surface area contributed by atoms with E-state index in [2.05, 4.69) is 10.4 Å². The molecule has 0 bridgehead atoms. The molecule has 1 aromatic rings. The van der Waals surface area contributed by atoms with Gasteiger partial charge in [0.1, 0.15) is 12.1 Å². The fraction of sp³-hybridized carbons (Fsp3) is 0.545. The second-order valence-corrected chi connectivity index (χ2v) is 4.38. The number of amides is 1. The molecule has 2 N–H and O–H groups in total. The van der Waals surface area contributed by atoms with Gasteiger partial charge in [-0.2, -0.15) is 5.10 Å². The molecule has 0 spiro atoms. The van der Waals surface area contributed by atoms with E-state index in [1.165, 1.54) is 23.7 Å². The van der Waals surface area contributed by atoms with Gasteiger partial charge in [0.25, 0.3) is 0 Å². The Kier molecular flexibility index (Phi) is 3.12. The predicted molar refractivity (Wildman–Crippen MR) is 59.7 cm³/mol. The van der Waals surface area contributed by atoms with E-state index < -0.39 is 5.97 Å². The lowest BCUT2D eigenvalue weighted by molar-refractivity contribution is -0.121. The van der Waals surface area contributed by atoms with Gasteiger partial charge >= 0.3 is 5.97 Å². The van der Waals surface area contributed by atoms with E-state index in [1.54, 1.807) is 6.92 Å². The number of carboxylic acids is 1. The van der Waals surface area contributed by atoms with Crippen LogP contribution in [0.15, 0.2) is 6.20 Å². The summed E-state index contributed by atoms with van der Waals surface area (Å²) in [5.41, 5.74) is 0.562. The summed E-state index contributed by atoms with van der Waals surface area (Å²) in [4.78, 5) is 22.3. The third-order valence-electron chi connectivity index (χ3n) is 2.77. The number of rotatable bonds is 5. The van der Waals surface area contributed by atoms with Crippen LogP contribution < -0.4 is 5.32 Å². The highest BCUT2D eigenvalue weighted by Crippen LogP contribution is 2.27. The molecule has 0 aromatic carbocycles. The summed E-state index contributed by atoms with van der Waals surface area (Å²) in [7, 11) is 0. The molecule has 1 aliphatic rings. The zero-order valence-corrected chi connectivity index (χ0v) is 9.64. The zero-order valence-electron chi connectivity index (χ0n) is 9.64. The van der Waals surface area contributed by atoms with Crippen molar-refractivity contribution in [1.82, 2.24) is 15.1 Å². The summed E-state index contributed by atoms with van der Waals surface area (Å²) in [5.74, 6) is -0.517. The van der Waals surface area contributed by atoms with Crippen LogP contribution in [0.3, 0.4) is 0 Å². The van der Waals surface area contributed by atoms with Gasteiger partial charge in [0.15, 0.2) is 0 Å². The van der Waals surface area contributed by atoms with E-state index in [-0.39, 0.29) is 18.0 Å². The van der Waals surface area contributed by atoms with Gasteiger partial charge in [0.05, 0.1) is 5.69 Å². The minimum atomic E-state index is -1.02. The van der Waals surface area contributed by atoms with Crippen molar-refractivity contribution in [2.45, 2.75) is 26.3 Å². The van der Waals surface area contributed by atoms with Crippen molar-refractivity contribution in [1.29, 1.82) is 0 Å². The van der Waals surface area contributed by atoms with E-state index in [9.17, 15) is 9.59 Å². The van der Waals surface area contributed by atoms with E-state index >= 15 is 0 Å². The third-order valence-corrected chi connectivity index (χ3v) is 2.77. The zero-order chi connectivity index (χ0) is 12.4. The maximum absolute atomic E-state index is 11.5. The lowest BCUT2D eigenvalue weighted by Gasteiger charge is -2.03. The van der Waals surface area contributed by atoms with E-state index in [0.717, 1.165) is 0 Å². The average molecular weight is 237 g/mol. The van der Waals surface area contributed by atoms with Crippen LogP contribution in [0, 0.1) is 12.8 Å². The number of aromatic nitrogens is 2. The minimum Gasteiger partial charge on any atom is -0.478 e. The molecule has 1 aliphatic carbocycles. The molecule has 6 nitrogen and oxygen atoms in total. The molecule has 0 atom stereocenters. The standard InChI is InChI=1S/C11H15N3O3/c1-7-9(11(16)17)5-14(13-7)6-10(15)12-4-8-2-3-8/h5,8H,2-4,6H2,1H3,(H,12,15)(H,16,17). The number of carboxylic acid groups (broad SMARTS) is 1. The molecule has 0 unspecified atom stereocenters. The highest BCUT2D eigenvalue weighted by Gasteiger charge is 2.21. The van der Waals surface area contributed by atoms with Gasteiger partial charge in [-0.15, -0.1) is 0 Å². The highest BCUT2D eigenvalue weighted by atomic mass is 16.4. The Bertz CT molecular complexity index is 449. The number of aryl methyl sites for hydroxylation is 1. The first-order chi connectivity index (χ1) is 8.06. The second-order valence-electron chi connectivity index (χ2n) is 4.38. The van der Waals surface area contributed by atoms with Crippen LogP contribution >= 0.6 is 0 Å². The Labute approximate surface area is 98.6 Å². The molecular formula is C11H15N3O3. The lowest BCUT2D eigenvalue weighted by atomic mass is 10.3. The van der Waals surface area contributed by atoms with Gasteiger partial charge in [-0.3, -0.25) is 9.48 Å². The van der Waals surface area contributed by atoms with Gasteiger partial charge in [0.2, 0.25) is 5.91 Å². The molecule has 6 heteroatoms. The number of nitrogens with zero attached hydrogens (tertiary/aromatic N) is 2. The number of nitrogens with one attached hydrogen (secondary N) is 1. The number of hydrogen-bond donors (Lipinski definition) is 2. The Morgan fingerprint density at radius 3 is 2.82 bits per heavy atom. The van der Waals surface area contributed by atoms with Crippen molar-refractivity contribution in [2.24, 2.45) is 5.92 Å². The van der Waals surface area contributed by atoms with Crippen LogP contribution in [-0.4, -0.2) is 33.3 Å². The summed E-state index contributed by atoms with van der Waals surface area (Å²) >= 11 is 0. The normalized spacial score (nSPS) is 14.6. The topological polar surface area (TPSA) is 84.2 Å². The number of carbonyl (C=O) groups is 2. The first kappa shape index (κ1) is 11.6. The summed E-state index contributed by atoms with van der Waals surface area (Å²) in [5, 5.41) is 15.6. The Hall–Kier alpha value is -1.85. The maximum Gasteiger partial charge on any atom is 0.339 e. The van der Waals surface area contributed by atoms with E-state index in [4.69, 9.17) is 5.11 Å². The quantitative estimate of drug-likeness (QED) is 0.777. The van der Waals surface area contributed by atoms with Gasteiger partial charge in [0, 0.05) is 12.7 Å². The molecular weight excluding hydrogens is 222 g/mol. The SMILES string of the molecule is Cc1nn(CC(=O)NCC2CC2)cc1C(=O)O. The average Bonchev–Trinajstić information content (AvgIpc) is 3.00. The molecule has 1 aromatic heterocycles. The van der Waals surface area contributed by atoms with Crippen molar-refractivity contribution >= 4 is 11.9 Å². The highest BCUT2D eigenvalue weighted by molar-refractivity contribution is 5.88. The maximum atomic E-state index is 11.5. The molecule has 0 radical (unpaired) electrons. The van der Waals surface area contributed by atoms with Crippen molar-refractivity contribution in [3.8, 4) is 0 Å². The largest absolute Gasteiger partial charge is 0.478 e. The van der Waals surface area contributed by atoms with Crippen LogP contribution in [0.2, 0.25) is 0 Å². The van der Waals surface area contributed by atoms with Gasteiger partial charge in [-0.25, -0.2) is 4.79 Å². The second kappa shape index (κ2) is 4.57. The summed E-state index contributed by atoms with van der Waals surface area (Å²) < 4.78 is 1.36. The Morgan fingerprint density at radius 2 is 2.29 bits per heavy atom. The predicted octanol–water partition coefficient (Wildman–Crippen LogP) is 0.416. The summed E-state index contributed by atoms with van der Waals surface area (Å²) in [6.07, 6.45) is 3.75. The van der Waals surface area contributed by atoms with Gasteiger partial charge in [-0.1, -0.05) is 0 Å². The van der Waals surface area contributed by atoms with Crippen LogP contribution in [0.4, 0.5) is 0 Å². The Balaban J connectivity index is 1.90. The number of aromatic carboxylic acids is 1. The fourth-order valence-corrected chi connectivity index (χ4v) is 1.59. The molecule has 0 saturated heterocycles. The molecule has 2 rings (SSSR count). The summed E-state index contributed by atoms with van der Waals surface area (Å²) in [6.45, 7) is 2.40. The van der Waals surface area contributed by atoms with Crippen LogP contribution in [0.1, 0.15) is 28.9 Å². The summed E-state index contributed by atoms with van der Waals surface area (Å²) in [6, 6.07) is 0. The monoisotopic (exact) mass is 237 g/mol. The van der Waals surface area contributed by atoms with E-state index in [0.29, 0.717) is 18.2 Å². The molecule has 1 saturated carbocycles. The van der Waals surface area contributed by atoms with Crippen molar-refractivity contribution < 1.29 is 14.7 Å². The first-order valence-corrected chi connectivity index (χ1v) is 5.60. The Morgan fingerprint density at radius 1 is 1.59 bits per heavy atom. The molecule has 1 fully saturated rings.